The number of hydrogen-bond donors (Lipinski definition) is 1. The average molecular weight is 274 g/mol. The van der Waals surface area contributed by atoms with E-state index in [2.05, 4.69) is 4.98 Å². The molecular formula is C18H14N2O. The predicted octanol–water partition coefficient (Wildman–Crippen LogP) is 4.03. The summed E-state index contributed by atoms with van der Waals surface area (Å²) in [6.07, 6.45) is 1.79. The molecule has 2 aromatic carbocycles. The van der Waals surface area contributed by atoms with Gasteiger partial charge >= 0.3 is 0 Å². The normalized spacial score (nSPS) is 12.8. The number of benzene rings is 2. The van der Waals surface area contributed by atoms with Crippen LogP contribution in [0.3, 0.4) is 0 Å². The van der Waals surface area contributed by atoms with Gasteiger partial charge in [0.25, 0.3) is 0 Å². The van der Waals surface area contributed by atoms with Gasteiger partial charge in [-0.1, -0.05) is 36.4 Å². The Morgan fingerprint density at radius 2 is 1.76 bits per heavy atom. The molecule has 3 heteroatoms. The van der Waals surface area contributed by atoms with Crippen molar-refractivity contribution < 1.29 is 4.42 Å². The minimum Gasteiger partial charge on any atom is -0.459 e. The summed E-state index contributed by atoms with van der Waals surface area (Å²) in [5, 5.41) is 2.18. The van der Waals surface area contributed by atoms with Crippen molar-refractivity contribution in [2.75, 3.05) is 0 Å². The molecule has 0 saturated heterocycles. The maximum absolute atomic E-state index is 6.35. The summed E-state index contributed by atoms with van der Waals surface area (Å²) in [5.74, 6) is 0.770. The summed E-state index contributed by atoms with van der Waals surface area (Å²) in [6.45, 7) is 0. The number of para-hydroxylation sites is 1. The molecule has 21 heavy (non-hydrogen) atoms. The van der Waals surface area contributed by atoms with Gasteiger partial charge in [0, 0.05) is 17.0 Å². The summed E-state index contributed by atoms with van der Waals surface area (Å²) in [7, 11) is 0. The van der Waals surface area contributed by atoms with Gasteiger partial charge in [0.1, 0.15) is 11.3 Å². The second-order valence-corrected chi connectivity index (χ2v) is 5.12. The predicted molar refractivity (Wildman–Crippen MR) is 84.0 cm³/mol. The zero-order valence-corrected chi connectivity index (χ0v) is 11.4. The Hall–Kier alpha value is -2.65. The minimum absolute atomic E-state index is 0.288. The van der Waals surface area contributed by atoms with Crippen molar-refractivity contribution in [3.63, 3.8) is 0 Å². The maximum Gasteiger partial charge on any atom is 0.134 e. The van der Waals surface area contributed by atoms with Gasteiger partial charge in [-0.15, -0.1) is 0 Å². The highest BCUT2D eigenvalue weighted by Gasteiger charge is 2.14. The number of furan rings is 1. The highest BCUT2D eigenvalue weighted by atomic mass is 16.3. The van der Waals surface area contributed by atoms with Gasteiger partial charge in [-0.05, 0) is 29.8 Å². The third-order valence-corrected chi connectivity index (χ3v) is 3.74. The van der Waals surface area contributed by atoms with Crippen molar-refractivity contribution in [1.29, 1.82) is 0 Å². The van der Waals surface area contributed by atoms with E-state index in [9.17, 15) is 0 Å². The van der Waals surface area contributed by atoms with Gasteiger partial charge < -0.3 is 10.2 Å². The minimum atomic E-state index is -0.288. The van der Waals surface area contributed by atoms with Crippen LogP contribution in [0.1, 0.15) is 17.4 Å². The summed E-state index contributed by atoms with van der Waals surface area (Å²) in [5.41, 5.74) is 9.16. The standard InChI is InChI=1S/C18H14N2O/c19-18(17-11-13-4-1-2-6-16(13)21-17)14-8-7-12-5-3-9-20-15(12)10-14/h1-11,18H,19H2. The van der Waals surface area contributed by atoms with Crippen molar-refractivity contribution >= 4 is 21.9 Å². The number of pyridine rings is 1. The summed E-state index contributed by atoms with van der Waals surface area (Å²) < 4.78 is 5.85. The molecule has 4 rings (SSSR count). The topological polar surface area (TPSA) is 52.0 Å². The second kappa shape index (κ2) is 4.72. The first kappa shape index (κ1) is 12.1. The van der Waals surface area contributed by atoms with Crippen LogP contribution in [0.2, 0.25) is 0 Å². The number of rotatable bonds is 2. The van der Waals surface area contributed by atoms with E-state index in [1.54, 1.807) is 6.20 Å². The van der Waals surface area contributed by atoms with Gasteiger partial charge in [0.2, 0.25) is 0 Å². The highest BCUT2D eigenvalue weighted by molar-refractivity contribution is 5.80. The van der Waals surface area contributed by atoms with Crippen LogP contribution in [-0.2, 0) is 0 Å². The molecule has 1 unspecified atom stereocenters. The van der Waals surface area contributed by atoms with Crippen LogP contribution in [0, 0.1) is 0 Å². The first-order valence-electron chi connectivity index (χ1n) is 6.90. The van der Waals surface area contributed by atoms with Crippen LogP contribution < -0.4 is 5.73 Å². The number of fused-ring (bicyclic) bond motifs is 2. The lowest BCUT2D eigenvalue weighted by molar-refractivity contribution is 0.525. The molecule has 1 atom stereocenters. The van der Waals surface area contributed by atoms with Crippen LogP contribution in [0.5, 0.6) is 0 Å². The van der Waals surface area contributed by atoms with E-state index in [4.69, 9.17) is 10.2 Å². The maximum atomic E-state index is 6.35. The molecule has 2 aromatic heterocycles. The van der Waals surface area contributed by atoms with Crippen LogP contribution >= 0.6 is 0 Å². The largest absolute Gasteiger partial charge is 0.459 e. The Morgan fingerprint density at radius 3 is 2.67 bits per heavy atom. The second-order valence-electron chi connectivity index (χ2n) is 5.12. The molecule has 0 radical (unpaired) electrons. The fourth-order valence-electron chi connectivity index (χ4n) is 2.60. The molecular weight excluding hydrogens is 260 g/mol. The van der Waals surface area contributed by atoms with Crippen LogP contribution in [0.4, 0.5) is 0 Å². The fourth-order valence-corrected chi connectivity index (χ4v) is 2.60. The number of aromatic nitrogens is 1. The molecule has 0 fully saturated rings. The lowest BCUT2D eigenvalue weighted by atomic mass is 10.0. The van der Waals surface area contributed by atoms with Gasteiger partial charge in [-0.2, -0.15) is 0 Å². The van der Waals surface area contributed by atoms with Gasteiger partial charge in [-0.3, -0.25) is 4.98 Å². The summed E-state index contributed by atoms with van der Waals surface area (Å²) in [6, 6.07) is 19.7. The molecule has 0 bridgehead atoms. The van der Waals surface area contributed by atoms with Gasteiger partial charge in [0.05, 0.1) is 11.6 Å². The Bertz CT molecular complexity index is 893. The summed E-state index contributed by atoms with van der Waals surface area (Å²) in [4.78, 5) is 4.37. The molecule has 0 aliphatic carbocycles. The van der Waals surface area contributed by atoms with E-state index in [-0.39, 0.29) is 6.04 Å². The van der Waals surface area contributed by atoms with Crippen LogP contribution in [0.15, 0.2) is 71.3 Å². The molecule has 0 aliphatic heterocycles. The Morgan fingerprint density at radius 1 is 0.905 bits per heavy atom. The molecule has 4 aromatic rings. The molecule has 0 spiro atoms. The van der Waals surface area contributed by atoms with Crippen molar-refractivity contribution in [2.24, 2.45) is 5.73 Å². The van der Waals surface area contributed by atoms with Crippen LogP contribution in [-0.4, -0.2) is 4.98 Å². The van der Waals surface area contributed by atoms with Gasteiger partial charge in [0.15, 0.2) is 0 Å². The van der Waals surface area contributed by atoms with E-state index in [0.717, 1.165) is 33.2 Å². The van der Waals surface area contributed by atoms with Crippen molar-refractivity contribution in [3.05, 3.63) is 78.2 Å². The van der Waals surface area contributed by atoms with Crippen molar-refractivity contribution in [3.8, 4) is 0 Å². The van der Waals surface area contributed by atoms with Crippen molar-refractivity contribution in [1.82, 2.24) is 4.98 Å². The third-order valence-electron chi connectivity index (χ3n) is 3.74. The molecule has 0 saturated carbocycles. The summed E-state index contributed by atoms with van der Waals surface area (Å²) >= 11 is 0. The van der Waals surface area contributed by atoms with Crippen molar-refractivity contribution in [2.45, 2.75) is 6.04 Å². The zero-order valence-electron chi connectivity index (χ0n) is 11.4. The molecule has 3 nitrogen and oxygen atoms in total. The smallest absolute Gasteiger partial charge is 0.134 e. The third kappa shape index (κ3) is 2.08. The molecule has 102 valence electrons. The van der Waals surface area contributed by atoms with Gasteiger partial charge in [-0.25, -0.2) is 0 Å². The first-order valence-corrected chi connectivity index (χ1v) is 6.90. The monoisotopic (exact) mass is 274 g/mol. The molecule has 0 amide bonds. The quantitative estimate of drug-likeness (QED) is 0.600. The highest BCUT2D eigenvalue weighted by Crippen LogP contribution is 2.27. The van der Waals surface area contributed by atoms with Crippen LogP contribution in [0.25, 0.3) is 21.9 Å². The van der Waals surface area contributed by atoms with E-state index in [1.165, 1.54) is 0 Å². The zero-order chi connectivity index (χ0) is 14.2. The van der Waals surface area contributed by atoms with E-state index in [0.29, 0.717) is 0 Å². The molecule has 0 aliphatic rings. The fraction of sp³-hybridized carbons (Fsp3) is 0.0556. The first-order chi connectivity index (χ1) is 10.3. The molecule has 2 heterocycles. The average Bonchev–Trinajstić information content (AvgIpc) is 2.97. The number of hydrogen-bond acceptors (Lipinski definition) is 3. The number of nitrogens with two attached hydrogens (primary N) is 1. The SMILES string of the molecule is NC(c1ccc2cccnc2c1)c1cc2ccccc2o1. The van der Waals surface area contributed by atoms with E-state index in [1.807, 2.05) is 60.7 Å². The number of nitrogens with zero attached hydrogens (tertiary/aromatic N) is 1. The molecule has 2 N–H and O–H groups in total. The Balaban J connectivity index is 1.79. The lowest BCUT2D eigenvalue weighted by Crippen LogP contribution is -2.10. The van der Waals surface area contributed by atoms with E-state index < -0.39 is 0 Å². The van der Waals surface area contributed by atoms with E-state index >= 15 is 0 Å². The Kier molecular flexibility index (Phi) is 2.72. The Labute approximate surface area is 122 Å². The lowest BCUT2D eigenvalue weighted by Gasteiger charge is -2.09.